The molecule has 0 rings (SSSR count). The highest BCUT2D eigenvalue weighted by Gasteiger charge is 2.28. The fourth-order valence-corrected chi connectivity index (χ4v) is 1.20. The lowest BCUT2D eigenvalue weighted by molar-refractivity contribution is -0.332. The van der Waals surface area contributed by atoms with E-state index in [9.17, 15) is 0 Å². The van der Waals surface area contributed by atoms with Crippen LogP contribution < -0.4 is 0 Å². The van der Waals surface area contributed by atoms with Gasteiger partial charge in [-0.1, -0.05) is 41.5 Å². The van der Waals surface area contributed by atoms with E-state index >= 15 is 0 Å². The van der Waals surface area contributed by atoms with Crippen LogP contribution >= 0.6 is 0 Å². The molecule has 0 saturated carbocycles. The second-order valence-electron chi connectivity index (χ2n) is 5.67. The van der Waals surface area contributed by atoms with E-state index in [4.69, 9.17) is 14.2 Å². The first-order chi connectivity index (χ1) is 7.75. The van der Waals surface area contributed by atoms with Crippen molar-refractivity contribution in [3.63, 3.8) is 0 Å². The van der Waals surface area contributed by atoms with Gasteiger partial charge in [-0.25, -0.2) is 0 Å². The maximum absolute atomic E-state index is 5.66. The van der Waals surface area contributed by atoms with Crippen molar-refractivity contribution in [2.24, 2.45) is 17.8 Å². The van der Waals surface area contributed by atoms with Crippen LogP contribution in [0.3, 0.4) is 0 Å². The summed E-state index contributed by atoms with van der Waals surface area (Å²) in [7, 11) is 3.46. The minimum atomic E-state index is -1.10. The lowest BCUT2D eigenvalue weighted by Crippen LogP contribution is -2.42. The Kier molecular flexibility index (Phi) is 8.29. The summed E-state index contributed by atoms with van der Waals surface area (Å²) in [4.78, 5) is 0. The molecular weight excluding hydrogens is 232 g/mol. The zero-order valence-corrected chi connectivity index (χ0v) is 13.1. The Labute approximate surface area is 110 Å². The molecule has 0 fully saturated rings. The molecule has 4 heteroatoms. The summed E-state index contributed by atoms with van der Waals surface area (Å²) in [5.41, 5.74) is -1.10. The molecule has 0 saturated heterocycles. The number of hydrogen-bond donors (Lipinski definition) is 0. The third-order valence-corrected chi connectivity index (χ3v) is 2.25. The molecule has 3 radical (unpaired) electrons. The minimum absolute atomic E-state index is 0.441. The van der Waals surface area contributed by atoms with E-state index in [-0.39, 0.29) is 0 Å². The number of rotatable bonds is 9. The first-order valence-corrected chi connectivity index (χ1v) is 6.92. The third kappa shape index (κ3) is 9.77. The highest BCUT2D eigenvalue weighted by molar-refractivity contribution is 6.12. The van der Waals surface area contributed by atoms with Gasteiger partial charge in [0.05, 0.1) is 19.8 Å². The highest BCUT2D eigenvalue weighted by Crippen LogP contribution is 2.15. The van der Waals surface area contributed by atoms with Crippen LogP contribution in [0.15, 0.2) is 0 Å². The molecule has 0 aromatic rings. The first-order valence-electron chi connectivity index (χ1n) is 6.42. The van der Waals surface area contributed by atoms with E-state index in [2.05, 4.69) is 51.8 Å². The van der Waals surface area contributed by atoms with Crippen molar-refractivity contribution in [1.82, 2.24) is 0 Å². The summed E-state index contributed by atoms with van der Waals surface area (Å²) in [5.74, 6) is 1.32. The van der Waals surface area contributed by atoms with Crippen LogP contribution in [0, 0.1) is 17.8 Å². The molecule has 101 valence electrons. The molecule has 0 aliphatic carbocycles. The average molecular weight is 259 g/mol. The Hall–Kier alpha value is 0.0969. The summed E-state index contributed by atoms with van der Waals surface area (Å²) in [5, 5.41) is 0. The van der Waals surface area contributed by atoms with Gasteiger partial charge in [-0.2, -0.15) is 0 Å². The fraction of sp³-hybridized carbons (Fsp3) is 1.00. The van der Waals surface area contributed by atoms with Gasteiger partial charge in [0, 0.05) is 0 Å². The molecule has 0 bridgehead atoms. The standard InChI is InChI=1S/C13H27O3Si/c1-10(2)7-14-13(17,15-8-11(3)4)16-9-12(5)6/h10-12H,7-9H2,1-6H3. The van der Waals surface area contributed by atoms with Gasteiger partial charge in [0.15, 0.2) is 10.2 Å². The molecule has 0 aliphatic rings. The van der Waals surface area contributed by atoms with Crippen LogP contribution in [0.5, 0.6) is 0 Å². The predicted molar refractivity (Wildman–Crippen MR) is 70.9 cm³/mol. The Morgan fingerprint density at radius 2 is 0.941 bits per heavy atom. The molecule has 0 aromatic heterocycles. The van der Waals surface area contributed by atoms with Gasteiger partial charge in [-0.05, 0) is 17.8 Å². The lowest BCUT2D eigenvalue weighted by Gasteiger charge is -2.32. The second kappa shape index (κ2) is 8.24. The Morgan fingerprint density at radius 1 is 0.706 bits per heavy atom. The van der Waals surface area contributed by atoms with Crippen molar-refractivity contribution in [3.8, 4) is 0 Å². The second-order valence-corrected chi connectivity index (χ2v) is 6.28. The summed E-state index contributed by atoms with van der Waals surface area (Å²) in [6, 6.07) is 0. The maximum atomic E-state index is 5.66. The van der Waals surface area contributed by atoms with Gasteiger partial charge in [0.2, 0.25) is 5.60 Å². The van der Waals surface area contributed by atoms with Gasteiger partial charge < -0.3 is 14.2 Å². The topological polar surface area (TPSA) is 27.7 Å². The van der Waals surface area contributed by atoms with E-state index in [1.54, 1.807) is 0 Å². The van der Waals surface area contributed by atoms with E-state index in [0.29, 0.717) is 37.6 Å². The highest BCUT2D eigenvalue weighted by atomic mass is 28.1. The van der Waals surface area contributed by atoms with Gasteiger partial charge in [0.1, 0.15) is 0 Å². The fourth-order valence-electron chi connectivity index (χ4n) is 0.954. The largest absolute Gasteiger partial charge is 0.332 e. The van der Waals surface area contributed by atoms with E-state index in [1.165, 1.54) is 0 Å². The quantitative estimate of drug-likeness (QED) is 0.471. The van der Waals surface area contributed by atoms with Crippen molar-refractivity contribution < 1.29 is 14.2 Å². The van der Waals surface area contributed by atoms with Crippen LogP contribution in [-0.4, -0.2) is 35.7 Å². The van der Waals surface area contributed by atoms with Crippen molar-refractivity contribution >= 4 is 10.2 Å². The van der Waals surface area contributed by atoms with Crippen LogP contribution in [0.1, 0.15) is 41.5 Å². The van der Waals surface area contributed by atoms with Gasteiger partial charge in [-0.15, -0.1) is 0 Å². The molecule has 0 amide bonds. The zero-order valence-electron chi connectivity index (χ0n) is 12.1. The Balaban J connectivity index is 4.23. The van der Waals surface area contributed by atoms with Crippen LogP contribution in [0.25, 0.3) is 0 Å². The summed E-state index contributed by atoms with van der Waals surface area (Å²) in [6.07, 6.45) is 0. The lowest BCUT2D eigenvalue weighted by atomic mass is 10.2. The number of hydrogen-bond acceptors (Lipinski definition) is 3. The SMILES string of the molecule is CC(C)COC([Si])(OCC(C)C)OCC(C)C. The summed E-state index contributed by atoms with van der Waals surface area (Å²) >= 11 is 0. The van der Waals surface area contributed by atoms with Gasteiger partial charge in [-0.3, -0.25) is 0 Å². The van der Waals surface area contributed by atoms with Crippen LogP contribution in [0.2, 0.25) is 0 Å². The minimum Gasteiger partial charge on any atom is -0.332 e. The molecular formula is C13H27O3Si. The molecule has 0 spiro atoms. The van der Waals surface area contributed by atoms with Crippen LogP contribution in [0.4, 0.5) is 0 Å². The molecule has 0 unspecified atom stereocenters. The first kappa shape index (κ1) is 17.1. The number of ether oxygens (including phenoxy) is 3. The van der Waals surface area contributed by atoms with Crippen molar-refractivity contribution in [2.75, 3.05) is 19.8 Å². The van der Waals surface area contributed by atoms with Crippen molar-refractivity contribution in [2.45, 2.75) is 47.1 Å². The van der Waals surface area contributed by atoms with E-state index in [1.807, 2.05) is 0 Å². The Bertz CT molecular complexity index is 162. The molecule has 0 aromatic carbocycles. The van der Waals surface area contributed by atoms with Crippen LogP contribution in [-0.2, 0) is 14.2 Å². The zero-order chi connectivity index (χ0) is 13.5. The molecule has 0 heterocycles. The maximum Gasteiger partial charge on any atom is 0.248 e. The van der Waals surface area contributed by atoms with Crippen molar-refractivity contribution in [3.05, 3.63) is 0 Å². The molecule has 0 aliphatic heterocycles. The molecule has 0 atom stereocenters. The summed E-state index contributed by atoms with van der Waals surface area (Å²) in [6.45, 7) is 14.4. The smallest absolute Gasteiger partial charge is 0.248 e. The third-order valence-electron chi connectivity index (χ3n) is 1.82. The predicted octanol–water partition coefficient (Wildman–Crippen LogP) is 2.78. The normalized spacial score (nSPS) is 13.1. The summed E-state index contributed by atoms with van der Waals surface area (Å²) < 4.78 is 17.0. The molecule has 3 nitrogen and oxygen atoms in total. The van der Waals surface area contributed by atoms with Gasteiger partial charge in [0.25, 0.3) is 0 Å². The van der Waals surface area contributed by atoms with E-state index in [0.717, 1.165) is 0 Å². The monoisotopic (exact) mass is 259 g/mol. The van der Waals surface area contributed by atoms with E-state index < -0.39 is 5.60 Å². The average Bonchev–Trinajstić information content (AvgIpc) is 2.21. The molecule has 17 heavy (non-hydrogen) atoms. The van der Waals surface area contributed by atoms with Gasteiger partial charge >= 0.3 is 0 Å². The molecule has 0 N–H and O–H groups in total. The van der Waals surface area contributed by atoms with Crippen molar-refractivity contribution in [1.29, 1.82) is 0 Å². The Morgan fingerprint density at radius 3 is 1.12 bits per heavy atom.